The average Bonchev–Trinajstić information content (AvgIpc) is 3.34. The number of aromatic nitrogens is 2. The second kappa shape index (κ2) is 8.16. The number of rotatable bonds is 5. The highest BCUT2D eigenvalue weighted by atomic mass is 32.1. The summed E-state index contributed by atoms with van der Waals surface area (Å²) in [7, 11) is 0. The predicted molar refractivity (Wildman–Crippen MR) is 117 cm³/mol. The van der Waals surface area contributed by atoms with Crippen LogP contribution < -0.4 is 10.6 Å². The molecule has 3 heterocycles. The van der Waals surface area contributed by atoms with Crippen LogP contribution in [0, 0.1) is 12.8 Å². The van der Waals surface area contributed by atoms with Gasteiger partial charge in [0, 0.05) is 17.5 Å². The summed E-state index contributed by atoms with van der Waals surface area (Å²) in [5.41, 5.74) is 2.75. The zero-order chi connectivity index (χ0) is 21.3. The Kier molecular flexibility index (Phi) is 5.41. The second-order valence-corrected chi connectivity index (χ2v) is 7.36. The number of carbonyl (C=O) groups is 1. The van der Waals surface area contributed by atoms with E-state index in [4.69, 9.17) is 26.5 Å². The van der Waals surface area contributed by atoms with Gasteiger partial charge in [-0.3, -0.25) is 4.79 Å². The Labute approximate surface area is 179 Å². The average molecular weight is 423 g/mol. The maximum Gasteiger partial charge on any atom is 0.317 e. The molecule has 0 unspecified atom stereocenters. The van der Waals surface area contributed by atoms with E-state index in [1.165, 1.54) is 0 Å². The summed E-state index contributed by atoms with van der Waals surface area (Å²) in [5, 5.41) is 11.3. The van der Waals surface area contributed by atoms with E-state index in [1.807, 2.05) is 55.6 Å². The molecular weight excluding hydrogens is 400 g/mol. The first-order valence-corrected chi connectivity index (χ1v) is 10.0. The van der Waals surface area contributed by atoms with Crippen molar-refractivity contribution in [2.24, 2.45) is 5.92 Å². The van der Waals surface area contributed by atoms with E-state index in [0.29, 0.717) is 22.3 Å². The van der Waals surface area contributed by atoms with Crippen molar-refractivity contribution in [3.8, 4) is 17.1 Å². The van der Waals surface area contributed by atoms with Crippen LogP contribution in [0.1, 0.15) is 24.3 Å². The van der Waals surface area contributed by atoms with Crippen LogP contribution in [0.15, 0.2) is 65.4 Å². The number of carbonyl (C=O) groups excluding carboxylic acids is 1. The van der Waals surface area contributed by atoms with Crippen molar-refractivity contribution in [1.82, 2.24) is 20.4 Å². The van der Waals surface area contributed by atoms with Crippen molar-refractivity contribution in [3.05, 3.63) is 72.3 Å². The fourth-order valence-corrected chi connectivity index (χ4v) is 3.79. The van der Waals surface area contributed by atoms with Gasteiger partial charge in [0.05, 0.1) is 18.3 Å². The summed E-state index contributed by atoms with van der Waals surface area (Å²) in [5.74, 6) is 0.311. The van der Waals surface area contributed by atoms with E-state index in [0.717, 1.165) is 17.0 Å². The van der Waals surface area contributed by atoms with Gasteiger partial charge in [-0.2, -0.15) is 5.10 Å². The van der Waals surface area contributed by atoms with Crippen molar-refractivity contribution in [3.63, 3.8) is 0 Å². The molecule has 1 fully saturated rings. The maximum absolute atomic E-state index is 12.8. The first kappa shape index (κ1) is 19.9. The molecule has 0 bridgehead atoms. The van der Waals surface area contributed by atoms with Crippen molar-refractivity contribution in [2.45, 2.75) is 19.9 Å². The summed E-state index contributed by atoms with van der Waals surface area (Å²) in [4.78, 5) is 12.8. The summed E-state index contributed by atoms with van der Waals surface area (Å²) in [6, 6.07) is 13.0. The van der Waals surface area contributed by atoms with Crippen LogP contribution in [0.2, 0.25) is 0 Å². The fraction of sp³-hybridized carbons (Fsp3) is 0.227. The number of esters is 1. The third kappa shape index (κ3) is 3.73. The third-order valence-electron chi connectivity index (χ3n) is 4.88. The standard InChI is InChI=1S/C22H22N4O3S/c1-4-28-21(27)18-14(3)23-22(30)24-20(18)16-12-26(15-8-6-5-7-9-15)25-19(16)17-11-10-13(2)29-17/h5-12,18,20H,3-4H2,1-2H3,(H2,23,24,30)/t18-,20+/m0/s1. The minimum atomic E-state index is -0.681. The molecule has 3 aromatic rings. The fourth-order valence-electron chi connectivity index (χ4n) is 3.53. The Morgan fingerprint density at radius 1 is 1.30 bits per heavy atom. The van der Waals surface area contributed by atoms with E-state index < -0.39 is 12.0 Å². The zero-order valence-corrected chi connectivity index (χ0v) is 17.5. The van der Waals surface area contributed by atoms with Crippen LogP contribution in [-0.2, 0) is 9.53 Å². The molecule has 0 saturated carbocycles. The summed E-state index contributed by atoms with van der Waals surface area (Å²) in [6.45, 7) is 7.92. The number of ether oxygens (including phenoxy) is 1. The quantitative estimate of drug-likeness (QED) is 0.480. The summed E-state index contributed by atoms with van der Waals surface area (Å²) < 4.78 is 12.9. The molecule has 0 radical (unpaired) electrons. The Morgan fingerprint density at radius 3 is 2.73 bits per heavy atom. The minimum absolute atomic E-state index is 0.271. The number of aryl methyl sites for hydroxylation is 1. The van der Waals surface area contributed by atoms with Crippen LogP contribution in [0.25, 0.3) is 17.1 Å². The molecule has 0 amide bonds. The number of thiocarbonyl (C=S) groups is 1. The molecule has 1 aliphatic heterocycles. The molecule has 1 aromatic carbocycles. The van der Waals surface area contributed by atoms with E-state index in [1.54, 1.807) is 11.6 Å². The van der Waals surface area contributed by atoms with Crippen LogP contribution >= 0.6 is 12.2 Å². The molecule has 2 N–H and O–H groups in total. The zero-order valence-electron chi connectivity index (χ0n) is 16.7. The lowest BCUT2D eigenvalue weighted by Gasteiger charge is -2.34. The monoisotopic (exact) mass is 422 g/mol. The third-order valence-corrected chi connectivity index (χ3v) is 5.10. The van der Waals surface area contributed by atoms with Gasteiger partial charge in [-0.25, -0.2) is 4.68 Å². The smallest absolute Gasteiger partial charge is 0.317 e. The molecule has 7 nitrogen and oxygen atoms in total. The number of nitrogens with one attached hydrogen (secondary N) is 2. The maximum atomic E-state index is 12.8. The highest BCUT2D eigenvalue weighted by molar-refractivity contribution is 7.80. The summed E-state index contributed by atoms with van der Waals surface area (Å²) in [6.07, 6.45) is 1.88. The van der Waals surface area contributed by atoms with Gasteiger partial charge in [0.15, 0.2) is 10.9 Å². The first-order chi connectivity index (χ1) is 14.5. The van der Waals surface area contributed by atoms with Gasteiger partial charge < -0.3 is 19.8 Å². The van der Waals surface area contributed by atoms with Crippen molar-refractivity contribution in [2.75, 3.05) is 6.61 Å². The van der Waals surface area contributed by atoms with Crippen molar-refractivity contribution in [1.29, 1.82) is 0 Å². The normalized spacial score (nSPS) is 18.6. The number of furan rings is 1. The Morgan fingerprint density at radius 2 is 2.07 bits per heavy atom. The Balaban J connectivity index is 1.86. The van der Waals surface area contributed by atoms with Gasteiger partial charge in [-0.1, -0.05) is 24.8 Å². The molecule has 1 aliphatic rings. The van der Waals surface area contributed by atoms with E-state index in [-0.39, 0.29) is 12.6 Å². The predicted octanol–water partition coefficient (Wildman–Crippen LogP) is 3.65. The highest BCUT2D eigenvalue weighted by Crippen LogP contribution is 2.37. The number of para-hydroxylation sites is 1. The van der Waals surface area contributed by atoms with E-state index in [2.05, 4.69) is 17.2 Å². The highest BCUT2D eigenvalue weighted by Gasteiger charge is 2.40. The summed E-state index contributed by atoms with van der Waals surface area (Å²) >= 11 is 5.34. The molecular formula is C22H22N4O3S. The minimum Gasteiger partial charge on any atom is -0.465 e. The van der Waals surface area contributed by atoms with Crippen LogP contribution in [0.3, 0.4) is 0 Å². The van der Waals surface area contributed by atoms with Crippen LogP contribution in [0.4, 0.5) is 0 Å². The van der Waals surface area contributed by atoms with Gasteiger partial charge in [-0.15, -0.1) is 0 Å². The first-order valence-electron chi connectivity index (χ1n) is 9.62. The molecule has 1 saturated heterocycles. The van der Waals surface area contributed by atoms with Gasteiger partial charge in [0.25, 0.3) is 0 Å². The van der Waals surface area contributed by atoms with E-state index in [9.17, 15) is 4.79 Å². The van der Waals surface area contributed by atoms with Gasteiger partial charge in [0.2, 0.25) is 0 Å². The molecule has 0 spiro atoms. The molecule has 154 valence electrons. The molecule has 0 aliphatic carbocycles. The number of benzene rings is 1. The molecule has 4 rings (SSSR count). The lowest BCUT2D eigenvalue weighted by molar-refractivity contribution is -0.147. The van der Waals surface area contributed by atoms with Crippen LogP contribution in [-0.4, -0.2) is 27.5 Å². The SMILES string of the molecule is C=C1NC(=S)N[C@H](c2cn(-c3ccccc3)nc2-c2ccc(C)o2)[C@H]1C(=O)OCC. The van der Waals surface area contributed by atoms with Gasteiger partial charge >= 0.3 is 5.97 Å². The number of nitrogens with zero attached hydrogens (tertiary/aromatic N) is 2. The van der Waals surface area contributed by atoms with Crippen molar-refractivity contribution < 1.29 is 13.9 Å². The second-order valence-electron chi connectivity index (χ2n) is 6.95. The van der Waals surface area contributed by atoms with Crippen molar-refractivity contribution >= 4 is 23.3 Å². The van der Waals surface area contributed by atoms with Gasteiger partial charge in [-0.05, 0) is 50.3 Å². The number of hydrogen-bond donors (Lipinski definition) is 2. The largest absolute Gasteiger partial charge is 0.465 e. The lowest BCUT2D eigenvalue weighted by atomic mass is 9.89. The molecule has 30 heavy (non-hydrogen) atoms. The molecule has 2 atom stereocenters. The topological polar surface area (TPSA) is 81.3 Å². The van der Waals surface area contributed by atoms with Gasteiger partial charge in [0.1, 0.15) is 17.4 Å². The molecule has 8 heteroatoms. The molecule has 2 aromatic heterocycles. The lowest BCUT2D eigenvalue weighted by Crippen LogP contribution is -2.51. The Hall–Kier alpha value is -3.39. The van der Waals surface area contributed by atoms with Crippen LogP contribution in [0.5, 0.6) is 0 Å². The Bertz CT molecular complexity index is 1100. The van der Waals surface area contributed by atoms with E-state index >= 15 is 0 Å². The number of hydrogen-bond acceptors (Lipinski definition) is 5.